The summed E-state index contributed by atoms with van der Waals surface area (Å²) in [4.78, 5) is 0. The quantitative estimate of drug-likeness (QED) is 0.566. The molecule has 62 valence electrons. The number of nitrogens with two attached hydrogens (primary N) is 1. The van der Waals surface area contributed by atoms with Crippen LogP contribution >= 0.6 is 0 Å². The van der Waals surface area contributed by atoms with Crippen molar-refractivity contribution in [1.29, 1.82) is 5.26 Å². The van der Waals surface area contributed by atoms with Gasteiger partial charge in [-0.3, -0.25) is 0 Å². The fraction of sp³-hybridized carbons (Fsp3) is 0.875. The van der Waals surface area contributed by atoms with Gasteiger partial charge in [-0.1, -0.05) is 0 Å². The number of nitrogens with zero attached hydrogens (tertiary/aromatic N) is 1. The molecule has 0 amide bonds. The summed E-state index contributed by atoms with van der Waals surface area (Å²) in [6, 6.07) is 2.35. The Labute approximate surface area is 67.6 Å². The molecule has 1 aliphatic rings. The Morgan fingerprint density at radius 3 is 2.36 bits per heavy atom. The molecule has 0 aromatic carbocycles. The zero-order valence-corrected chi connectivity index (χ0v) is 6.93. The van der Waals surface area contributed by atoms with Crippen LogP contribution in [0.3, 0.4) is 0 Å². The number of hydrogen-bond donors (Lipinski definition) is 2. The van der Waals surface area contributed by atoms with Gasteiger partial charge in [0.2, 0.25) is 0 Å². The van der Waals surface area contributed by atoms with E-state index in [2.05, 4.69) is 11.4 Å². The highest BCUT2D eigenvalue weighted by Crippen LogP contribution is 2.30. The third-order valence-corrected chi connectivity index (χ3v) is 2.59. The molecule has 3 N–H and O–H groups in total. The smallest absolute Gasteiger partial charge is 0.0746 e. The maximum Gasteiger partial charge on any atom is 0.0746 e. The number of rotatable bonds is 1. The molecule has 0 aromatic heterocycles. The molecule has 3 nitrogen and oxygen atoms in total. The van der Waals surface area contributed by atoms with Crippen LogP contribution in [0.2, 0.25) is 0 Å². The Morgan fingerprint density at radius 1 is 1.55 bits per heavy atom. The minimum Gasteiger partial charge on any atom is -0.327 e. The second-order valence-electron chi connectivity index (χ2n) is 3.31. The van der Waals surface area contributed by atoms with Crippen LogP contribution in [-0.2, 0) is 0 Å². The standard InChI is InChI=1S/C8H15N3/c1-7(10)8(6-9)2-4-11-5-3-8/h7,11H,2-5,10H2,1H3/t7-/m1/s1. The molecule has 1 fully saturated rings. The van der Waals surface area contributed by atoms with Gasteiger partial charge in [0.05, 0.1) is 11.5 Å². The van der Waals surface area contributed by atoms with Crippen LogP contribution in [0, 0.1) is 16.7 Å². The van der Waals surface area contributed by atoms with Crippen LogP contribution in [0.15, 0.2) is 0 Å². The molecule has 1 heterocycles. The van der Waals surface area contributed by atoms with Crippen molar-refractivity contribution in [3.8, 4) is 6.07 Å². The van der Waals surface area contributed by atoms with Gasteiger partial charge in [-0.05, 0) is 32.9 Å². The van der Waals surface area contributed by atoms with Gasteiger partial charge in [0.15, 0.2) is 0 Å². The summed E-state index contributed by atoms with van der Waals surface area (Å²) in [5, 5.41) is 12.2. The highest BCUT2D eigenvalue weighted by atomic mass is 14.9. The summed E-state index contributed by atoms with van der Waals surface area (Å²) in [6.07, 6.45) is 1.78. The van der Waals surface area contributed by atoms with Crippen LogP contribution in [0.25, 0.3) is 0 Å². The van der Waals surface area contributed by atoms with Crippen molar-refractivity contribution in [2.45, 2.75) is 25.8 Å². The summed E-state index contributed by atoms with van der Waals surface area (Å²) in [7, 11) is 0. The molecule has 0 aliphatic carbocycles. The molecule has 1 rings (SSSR count). The first kappa shape index (κ1) is 8.51. The van der Waals surface area contributed by atoms with Crippen LogP contribution in [0.4, 0.5) is 0 Å². The van der Waals surface area contributed by atoms with Crippen LogP contribution in [0.1, 0.15) is 19.8 Å². The lowest BCUT2D eigenvalue weighted by atomic mass is 9.75. The third kappa shape index (κ3) is 1.52. The van der Waals surface area contributed by atoms with Crippen LogP contribution in [0.5, 0.6) is 0 Å². The SMILES string of the molecule is C[C@@H](N)C1(C#N)CCNCC1. The van der Waals surface area contributed by atoms with Crippen molar-refractivity contribution >= 4 is 0 Å². The molecule has 0 bridgehead atoms. The molecular formula is C8H15N3. The largest absolute Gasteiger partial charge is 0.327 e. The second kappa shape index (κ2) is 3.21. The number of nitrogens with one attached hydrogen (secondary N) is 1. The average Bonchev–Trinajstić information content (AvgIpc) is 2.05. The van der Waals surface area contributed by atoms with E-state index < -0.39 is 0 Å². The molecule has 1 saturated heterocycles. The van der Waals surface area contributed by atoms with Gasteiger partial charge < -0.3 is 11.1 Å². The minimum absolute atomic E-state index is 0.00500. The average molecular weight is 153 g/mol. The molecule has 1 atom stereocenters. The van der Waals surface area contributed by atoms with E-state index in [1.165, 1.54) is 0 Å². The zero-order chi connectivity index (χ0) is 8.32. The first-order valence-electron chi connectivity index (χ1n) is 4.09. The summed E-state index contributed by atoms with van der Waals surface area (Å²) in [6.45, 7) is 3.78. The van der Waals surface area contributed by atoms with Gasteiger partial charge in [-0.2, -0.15) is 5.26 Å². The van der Waals surface area contributed by atoms with Crippen LogP contribution in [-0.4, -0.2) is 19.1 Å². The van der Waals surface area contributed by atoms with E-state index in [-0.39, 0.29) is 11.5 Å². The van der Waals surface area contributed by atoms with Crippen molar-refractivity contribution in [3.63, 3.8) is 0 Å². The van der Waals surface area contributed by atoms with Gasteiger partial charge in [-0.15, -0.1) is 0 Å². The Hall–Kier alpha value is -0.590. The van der Waals surface area contributed by atoms with E-state index in [0.717, 1.165) is 25.9 Å². The molecule has 0 aromatic rings. The molecule has 0 saturated carbocycles. The van der Waals surface area contributed by atoms with Crippen molar-refractivity contribution in [3.05, 3.63) is 0 Å². The summed E-state index contributed by atoms with van der Waals surface area (Å²) < 4.78 is 0. The Kier molecular flexibility index (Phi) is 2.48. The van der Waals surface area contributed by atoms with Gasteiger partial charge in [0.25, 0.3) is 0 Å². The summed E-state index contributed by atoms with van der Waals surface area (Å²) in [5.74, 6) is 0. The van der Waals surface area contributed by atoms with Crippen LogP contribution < -0.4 is 11.1 Å². The normalized spacial score (nSPS) is 25.5. The van der Waals surface area contributed by atoms with E-state index in [1.54, 1.807) is 0 Å². The maximum absolute atomic E-state index is 8.95. The lowest BCUT2D eigenvalue weighted by Crippen LogP contribution is -2.46. The predicted molar refractivity (Wildman–Crippen MR) is 43.8 cm³/mol. The highest BCUT2D eigenvalue weighted by molar-refractivity contribution is 5.06. The molecule has 0 spiro atoms. The van der Waals surface area contributed by atoms with E-state index >= 15 is 0 Å². The van der Waals surface area contributed by atoms with E-state index in [9.17, 15) is 0 Å². The van der Waals surface area contributed by atoms with Gasteiger partial charge in [0, 0.05) is 6.04 Å². The fourth-order valence-electron chi connectivity index (χ4n) is 1.54. The first-order chi connectivity index (χ1) is 5.21. The van der Waals surface area contributed by atoms with Crippen molar-refractivity contribution in [1.82, 2.24) is 5.32 Å². The Morgan fingerprint density at radius 2 is 2.09 bits per heavy atom. The molecule has 1 aliphatic heterocycles. The van der Waals surface area contributed by atoms with Crippen molar-refractivity contribution in [2.75, 3.05) is 13.1 Å². The van der Waals surface area contributed by atoms with E-state index in [1.807, 2.05) is 6.92 Å². The maximum atomic E-state index is 8.95. The third-order valence-electron chi connectivity index (χ3n) is 2.59. The fourth-order valence-corrected chi connectivity index (χ4v) is 1.54. The number of piperidine rings is 1. The van der Waals surface area contributed by atoms with Crippen molar-refractivity contribution in [2.24, 2.45) is 11.1 Å². The minimum atomic E-state index is -0.259. The molecule has 0 radical (unpaired) electrons. The number of hydrogen-bond acceptors (Lipinski definition) is 3. The summed E-state index contributed by atoms with van der Waals surface area (Å²) in [5.41, 5.74) is 5.50. The number of nitriles is 1. The van der Waals surface area contributed by atoms with Crippen molar-refractivity contribution < 1.29 is 0 Å². The lowest BCUT2D eigenvalue weighted by molar-refractivity contribution is 0.240. The van der Waals surface area contributed by atoms with Gasteiger partial charge in [0.1, 0.15) is 0 Å². The Balaban J connectivity index is 2.67. The molecular weight excluding hydrogens is 138 g/mol. The van der Waals surface area contributed by atoms with E-state index in [0.29, 0.717) is 0 Å². The van der Waals surface area contributed by atoms with Gasteiger partial charge >= 0.3 is 0 Å². The molecule has 0 unspecified atom stereocenters. The second-order valence-corrected chi connectivity index (χ2v) is 3.31. The summed E-state index contributed by atoms with van der Waals surface area (Å²) >= 11 is 0. The first-order valence-corrected chi connectivity index (χ1v) is 4.09. The zero-order valence-electron chi connectivity index (χ0n) is 6.93. The molecule has 11 heavy (non-hydrogen) atoms. The highest BCUT2D eigenvalue weighted by Gasteiger charge is 2.35. The lowest BCUT2D eigenvalue weighted by Gasteiger charge is -2.34. The van der Waals surface area contributed by atoms with Gasteiger partial charge in [-0.25, -0.2) is 0 Å². The monoisotopic (exact) mass is 153 g/mol. The Bertz CT molecular complexity index is 163. The topological polar surface area (TPSA) is 61.8 Å². The van der Waals surface area contributed by atoms with E-state index in [4.69, 9.17) is 11.0 Å². The predicted octanol–water partition coefficient (Wildman–Crippen LogP) is 0.227. The molecule has 3 heteroatoms.